The summed E-state index contributed by atoms with van der Waals surface area (Å²) >= 11 is 11.9. The highest BCUT2D eigenvalue weighted by Crippen LogP contribution is 2.24. The molecule has 0 aliphatic carbocycles. The van der Waals surface area contributed by atoms with Crippen LogP contribution in [0, 0.1) is 13.8 Å². The van der Waals surface area contributed by atoms with Gasteiger partial charge in [-0.05, 0) is 49.7 Å². The molecule has 0 radical (unpaired) electrons. The first-order chi connectivity index (χ1) is 12.9. The van der Waals surface area contributed by atoms with E-state index in [2.05, 4.69) is 10.3 Å². The number of pyridine rings is 1. The van der Waals surface area contributed by atoms with Gasteiger partial charge in [-0.3, -0.25) is 5.32 Å². The summed E-state index contributed by atoms with van der Waals surface area (Å²) in [6, 6.07) is 8.61. The molecule has 0 saturated carbocycles. The molecule has 6 nitrogen and oxygen atoms in total. The Kier molecular flexibility index (Phi) is 6.42. The number of carbonyl (C=O) groups is 1. The number of nitrogens with zero attached hydrogens (tertiary/aromatic N) is 2. The van der Waals surface area contributed by atoms with E-state index in [-0.39, 0.29) is 12.1 Å². The van der Waals surface area contributed by atoms with Crippen molar-refractivity contribution in [1.82, 2.24) is 9.88 Å². The van der Waals surface area contributed by atoms with E-state index >= 15 is 0 Å². The minimum Gasteiger partial charge on any atom is -0.491 e. The summed E-state index contributed by atoms with van der Waals surface area (Å²) < 4.78 is 11.4. The number of ether oxygens (including phenoxy) is 2. The van der Waals surface area contributed by atoms with Crippen LogP contribution in [0.5, 0.6) is 5.75 Å². The van der Waals surface area contributed by atoms with E-state index in [0.717, 1.165) is 11.3 Å². The van der Waals surface area contributed by atoms with Crippen molar-refractivity contribution in [2.45, 2.75) is 20.0 Å². The molecule has 1 aromatic carbocycles. The number of amides is 2. The Labute approximate surface area is 168 Å². The zero-order chi connectivity index (χ0) is 19.4. The van der Waals surface area contributed by atoms with Crippen LogP contribution in [0.15, 0.2) is 30.3 Å². The van der Waals surface area contributed by atoms with Crippen LogP contribution >= 0.6 is 23.2 Å². The third kappa shape index (κ3) is 5.73. The number of morpholine rings is 1. The highest BCUT2D eigenvalue weighted by molar-refractivity contribution is 6.34. The number of hydrogen-bond donors (Lipinski definition) is 1. The second kappa shape index (κ2) is 8.78. The lowest BCUT2D eigenvalue weighted by atomic mass is 10.2. The van der Waals surface area contributed by atoms with E-state index in [1.807, 2.05) is 26.0 Å². The molecule has 1 atom stereocenters. The molecule has 1 aliphatic rings. The molecule has 1 N–H and O–H groups in total. The van der Waals surface area contributed by atoms with Gasteiger partial charge in [0.1, 0.15) is 24.3 Å². The molecular weight excluding hydrogens is 389 g/mol. The Bertz CT molecular complexity index is 791. The maximum Gasteiger partial charge on any atom is 0.323 e. The quantitative estimate of drug-likeness (QED) is 0.816. The molecule has 8 heteroatoms. The highest BCUT2D eigenvalue weighted by atomic mass is 35.5. The number of hydrogen-bond acceptors (Lipinski definition) is 4. The van der Waals surface area contributed by atoms with Gasteiger partial charge in [0, 0.05) is 22.3 Å². The number of halogens is 2. The molecule has 0 spiro atoms. The van der Waals surface area contributed by atoms with E-state index < -0.39 is 0 Å². The van der Waals surface area contributed by atoms with Crippen LogP contribution in [0.3, 0.4) is 0 Å². The molecule has 3 rings (SSSR count). The highest BCUT2D eigenvalue weighted by Gasteiger charge is 2.25. The molecule has 1 saturated heterocycles. The molecule has 1 fully saturated rings. The largest absolute Gasteiger partial charge is 0.491 e. The van der Waals surface area contributed by atoms with Crippen molar-refractivity contribution >= 4 is 35.1 Å². The van der Waals surface area contributed by atoms with Crippen LogP contribution in [0.2, 0.25) is 10.0 Å². The fourth-order valence-corrected chi connectivity index (χ4v) is 3.41. The van der Waals surface area contributed by atoms with Crippen LogP contribution in [-0.4, -0.2) is 48.3 Å². The molecule has 1 aromatic heterocycles. The Morgan fingerprint density at radius 3 is 2.70 bits per heavy atom. The number of rotatable bonds is 4. The molecule has 27 heavy (non-hydrogen) atoms. The number of urea groups is 1. The van der Waals surface area contributed by atoms with Crippen LogP contribution in [0.1, 0.15) is 11.3 Å². The summed E-state index contributed by atoms with van der Waals surface area (Å²) in [4.78, 5) is 18.6. The molecule has 2 amide bonds. The van der Waals surface area contributed by atoms with Crippen molar-refractivity contribution in [3.8, 4) is 5.75 Å². The normalized spacial score (nSPS) is 16.9. The SMILES string of the molecule is Cc1cc(C)nc(NC(=O)N2CCOC(COc3cc(Cl)cc(Cl)c3)C2)c1. The average molecular weight is 410 g/mol. The van der Waals surface area contributed by atoms with Gasteiger partial charge < -0.3 is 14.4 Å². The Balaban J connectivity index is 1.56. The van der Waals surface area contributed by atoms with Crippen molar-refractivity contribution in [2.75, 3.05) is 31.6 Å². The summed E-state index contributed by atoms with van der Waals surface area (Å²) in [5.41, 5.74) is 1.91. The van der Waals surface area contributed by atoms with Crippen molar-refractivity contribution in [3.05, 3.63) is 51.6 Å². The Morgan fingerprint density at radius 1 is 1.26 bits per heavy atom. The summed E-state index contributed by atoms with van der Waals surface area (Å²) in [6.07, 6.45) is -0.241. The van der Waals surface area contributed by atoms with Crippen LogP contribution in [0.4, 0.5) is 10.6 Å². The van der Waals surface area contributed by atoms with E-state index in [4.69, 9.17) is 32.7 Å². The first-order valence-corrected chi connectivity index (χ1v) is 9.36. The molecule has 144 valence electrons. The zero-order valence-corrected chi connectivity index (χ0v) is 16.7. The number of nitrogens with one attached hydrogen (secondary N) is 1. The van der Waals surface area contributed by atoms with Crippen molar-refractivity contribution in [2.24, 2.45) is 0 Å². The standard InChI is InChI=1S/C19H21Cl2N3O3/c1-12-5-13(2)22-18(6-12)23-19(25)24-3-4-26-17(10-24)11-27-16-8-14(20)7-15(21)9-16/h5-9,17H,3-4,10-11H2,1-2H3,(H,22,23,25). The fraction of sp³-hybridized carbons (Fsp3) is 0.368. The van der Waals surface area contributed by atoms with Gasteiger partial charge in [0.15, 0.2) is 0 Å². The fourth-order valence-electron chi connectivity index (χ4n) is 2.90. The lowest BCUT2D eigenvalue weighted by Gasteiger charge is -2.32. The predicted molar refractivity (Wildman–Crippen MR) is 106 cm³/mol. The maximum atomic E-state index is 12.5. The first kappa shape index (κ1) is 19.7. The van der Waals surface area contributed by atoms with E-state index in [9.17, 15) is 4.79 Å². The second-order valence-corrected chi connectivity index (χ2v) is 7.33. The third-order valence-corrected chi connectivity index (χ3v) is 4.47. The minimum absolute atomic E-state index is 0.202. The number of carbonyl (C=O) groups excluding carboxylic acids is 1. The third-order valence-electron chi connectivity index (χ3n) is 4.03. The average Bonchev–Trinajstić information content (AvgIpc) is 2.58. The van der Waals surface area contributed by atoms with Gasteiger partial charge in [0.25, 0.3) is 0 Å². The summed E-state index contributed by atoms with van der Waals surface area (Å²) in [7, 11) is 0. The van der Waals surface area contributed by atoms with Crippen molar-refractivity contribution < 1.29 is 14.3 Å². The summed E-state index contributed by atoms with van der Waals surface area (Å²) in [5, 5.41) is 3.85. The number of aromatic nitrogens is 1. The van der Waals surface area contributed by atoms with E-state index in [1.165, 1.54) is 0 Å². The lowest BCUT2D eigenvalue weighted by Crippen LogP contribution is -2.49. The molecular formula is C19H21Cl2N3O3. The van der Waals surface area contributed by atoms with Gasteiger partial charge in [0.05, 0.1) is 13.2 Å². The molecule has 2 heterocycles. The van der Waals surface area contributed by atoms with Gasteiger partial charge >= 0.3 is 6.03 Å². The van der Waals surface area contributed by atoms with Gasteiger partial charge in [-0.25, -0.2) is 9.78 Å². The number of anilines is 1. The van der Waals surface area contributed by atoms with Crippen LogP contribution in [0.25, 0.3) is 0 Å². The summed E-state index contributed by atoms with van der Waals surface area (Å²) in [6.45, 7) is 5.53. The lowest BCUT2D eigenvalue weighted by molar-refractivity contribution is -0.0337. The smallest absolute Gasteiger partial charge is 0.323 e. The second-order valence-electron chi connectivity index (χ2n) is 6.46. The number of benzene rings is 1. The Morgan fingerprint density at radius 2 is 2.00 bits per heavy atom. The van der Waals surface area contributed by atoms with Crippen LogP contribution in [-0.2, 0) is 4.74 Å². The molecule has 1 unspecified atom stereocenters. The topological polar surface area (TPSA) is 63.7 Å². The molecule has 0 bridgehead atoms. The van der Waals surface area contributed by atoms with E-state index in [0.29, 0.717) is 47.9 Å². The number of aryl methyl sites for hydroxylation is 2. The summed E-state index contributed by atoms with van der Waals surface area (Å²) in [5.74, 6) is 1.11. The first-order valence-electron chi connectivity index (χ1n) is 8.61. The minimum atomic E-state index is -0.241. The van der Waals surface area contributed by atoms with Gasteiger partial charge in [-0.2, -0.15) is 0 Å². The molecule has 2 aromatic rings. The molecule has 1 aliphatic heterocycles. The van der Waals surface area contributed by atoms with Gasteiger partial charge in [0.2, 0.25) is 0 Å². The Hall–Kier alpha value is -2.02. The van der Waals surface area contributed by atoms with Crippen molar-refractivity contribution in [3.63, 3.8) is 0 Å². The predicted octanol–water partition coefficient (Wildman–Crippen LogP) is 4.32. The zero-order valence-electron chi connectivity index (χ0n) is 15.2. The van der Waals surface area contributed by atoms with Gasteiger partial charge in [-0.1, -0.05) is 23.2 Å². The van der Waals surface area contributed by atoms with Gasteiger partial charge in [-0.15, -0.1) is 0 Å². The van der Waals surface area contributed by atoms with Crippen LogP contribution < -0.4 is 10.1 Å². The van der Waals surface area contributed by atoms with Crippen molar-refractivity contribution in [1.29, 1.82) is 0 Å². The van der Waals surface area contributed by atoms with E-state index in [1.54, 1.807) is 23.1 Å². The monoisotopic (exact) mass is 409 g/mol. The maximum absolute atomic E-state index is 12.5.